The first kappa shape index (κ1) is 16.9. The van der Waals surface area contributed by atoms with Crippen LogP contribution in [0.25, 0.3) is 0 Å². The van der Waals surface area contributed by atoms with Gasteiger partial charge >= 0.3 is 6.18 Å². The number of carbonyl (C=O) groups excluding carboxylic acids is 1. The van der Waals surface area contributed by atoms with Crippen molar-refractivity contribution in [3.05, 3.63) is 65.7 Å². The van der Waals surface area contributed by atoms with Crippen LogP contribution in [0.5, 0.6) is 0 Å². The second-order valence-corrected chi connectivity index (χ2v) is 5.17. The molecule has 0 spiro atoms. The number of halogens is 3. The van der Waals surface area contributed by atoms with Crippen molar-refractivity contribution in [2.45, 2.75) is 12.7 Å². The van der Waals surface area contributed by atoms with Gasteiger partial charge in [0.2, 0.25) is 5.91 Å². The Hall–Kier alpha value is -2.50. The smallest absolute Gasteiger partial charge is 0.365 e. The first-order chi connectivity index (χ1) is 10.9. The molecule has 1 amide bonds. The lowest BCUT2D eigenvalue weighted by atomic mass is 10.1. The number of nitrogens with one attached hydrogen (secondary N) is 1. The second-order valence-electron chi connectivity index (χ2n) is 5.17. The van der Waals surface area contributed by atoms with Crippen molar-refractivity contribution >= 4 is 11.6 Å². The van der Waals surface area contributed by atoms with Gasteiger partial charge in [0.25, 0.3) is 0 Å². The zero-order valence-corrected chi connectivity index (χ0v) is 12.6. The molecule has 122 valence electrons. The number of hydrogen-bond acceptors (Lipinski definition) is 2. The number of rotatable bonds is 5. The molecule has 0 heterocycles. The highest BCUT2D eigenvalue weighted by Crippen LogP contribution is 2.29. The number of hydrogen-bond donors (Lipinski definition) is 1. The minimum atomic E-state index is -4.38. The van der Waals surface area contributed by atoms with E-state index in [1.807, 2.05) is 30.3 Å². The largest absolute Gasteiger partial charge is 0.416 e. The van der Waals surface area contributed by atoms with E-state index in [1.54, 1.807) is 18.0 Å². The van der Waals surface area contributed by atoms with Crippen LogP contribution in [0.2, 0.25) is 0 Å². The van der Waals surface area contributed by atoms with Crippen LogP contribution in [0.1, 0.15) is 11.1 Å². The van der Waals surface area contributed by atoms with Crippen molar-refractivity contribution in [1.82, 2.24) is 5.32 Å². The van der Waals surface area contributed by atoms with Gasteiger partial charge in [-0.3, -0.25) is 4.79 Å². The number of carbonyl (C=O) groups is 1. The van der Waals surface area contributed by atoms with Gasteiger partial charge in [-0.15, -0.1) is 0 Å². The number of nitrogens with zero attached hydrogens (tertiary/aromatic N) is 1. The van der Waals surface area contributed by atoms with Crippen LogP contribution in [0.3, 0.4) is 0 Å². The van der Waals surface area contributed by atoms with Crippen LogP contribution >= 0.6 is 0 Å². The van der Waals surface area contributed by atoms with Gasteiger partial charge in [-0.05, 0) is 29.8 Å². The first-order valence-corrected chi connectivity index (χ1v) is 7.05. The fourth-order valence-electron chi connectivity index (χ4n) is 2.10. The molecule has 23 heavy (non-hydrogen) atoms. The Labute approximate surface area is 132 Å². The van der Waals surface area contributed by atoms with Gasteiger partial charge in [0.15, 0.2) is 0 Å². The Balaban J connectivity index is 1.90. The summed E-state index contributed by atoms with van der Waals surface area (Å²) in [5.41, 5.74) is 0.586. The molecule has 0 unspecified atom stereocenters. The average Bonchev–Trinajstić information content (AvgIpc) is 2.53. The molecule has 0 aliphatic carbocycles. The lowest BCUT2D eigenvalue weighted by Gasteiger charge is -2.18. The van der Waals surface area contributed by atoms with Gasteiger partial charge in [-0.1, -0.05) is 30.3 Å². The number of benzene rings is 2. The topological polar surface area (TPSA) is 32.3 Å². The third-order valence-corrected chi connectivity index (χ3v) is 3.32. The maximum absolute atomic E-state index is 12.6. The molecule has 0 radical (unpaired) electrons. The van der Waals surface area contributed by atoms with Crippen LogP contribution in [-0.4, -0.2) is 19.5 Å². The molecule has 2 rings (SSSR count). The highest BCUT2D eigenvalue weighted by Gasteiger charge is 2.30. The Kier molecular flexibility index (Phi) is 5.26. The normalized spacial score (nSPS) is 11.1. The standard InChI is InChI=1S/C17H17F3N2O/c1-22(15-8-3-2-4-9-15)12-16(23)21-11-13-6-5-7-14(10-13)17(18,19)20/h2-10H,11-12H2,1H3,(H,21,23). The van der Waals surface area contributed by atoms with Gasteiger partial charge in [-0.2, -0.15) is 13.2 Å². The summed E-state index contributed by atoms with van der Waals surface area (Å²) in [6, 6.07) is 14.3. The van der Waals surface area contributed by atoms with Gasteiger partial charge in [-0.25, -0.2) is 0 Å². The van der Waals surface area contributed by atoms with E-state index in [0.717, 1.165) is 17.8 Å². The van der Waals surface area contributed by atoms with Gasteiger partial charge < -0.3 is 10.2 Å². The molecule has 0 aliphatic heterocycles. The lowest BCUT2D eigenvalue weighted by molar-refractivity contribution is -0.137. The van der Waals surface area contributed by atoms with Crippen LogP contribution in [0, 0.1) is 0 Å². The van der Waals surface area contributed by atoms with Crippen LogP contribution in [0.4, 0.5) is 18.9 Å². The van der Waals surface area contributed by atoms with E-state index < -0.39 is 11.7 Å². The number of anilines is 1. The molecule has 2 aromatic carbocycles. The van der Waals surface area contributed by atoms with Gasteiger partial charge in [0.1, 0.15) is 0 Å². The SMILES string of the molecule is CN(CC(=O)NCc1cccc(C(F)(F)F)c1)c1ccccc1. The van der Waals surface area contributed by atoms with Crippen molar-refractivity contribution in [2.24, 2.45) is 0 Å². The molecule has 6 heteroatoms. The first-order valence-electron chi connectivity index (χ1n) is 7.05. The van der Waals surface area contributed by atoms with Crippen molar-refractivity contribution in [3.63, 3.8) is 0 Å². The van der Waals surface area contributed by atoms with E-state index in [4.69, 9.17) is 0 Å². The molecular weight excluding hydrogens is 305 g/mol. The Bertz CT molecular complexity index is 656. The fraction of sp³-hybridized carbons (Fsp3) is 0.235. The minimum Gasteiger partial charge on any atom is -0.365 e. The zero-order valence-electron chi connectivity index (χ0n) is 12.6. The van der Waals surface area contributed by atoms with E-state index in [1.165, 1.54) is 6.07 Å². The summed E-state index contributed by atoms with van der Waals surface area (Å²) in [7, 11) is 1.78. The Morgan fingerprint density at radius 1 is 1.09 bits per heavy atom. The van der Waals surface area contributed by atoms with E-state index >= 15 is 0 Å². The number of amides is 1. The molecule has 0 aromatic heterocycles. The highest BCUT2D eigenvalue weighted by molar-refractivity contribution is 5.81. The number of para-hydroxylation sites is 1. The summed E-state index contributed by atoms with van der Waals surface area (Å²) < 4.78 is 37.9. The third-order valence-electron chi connectivity index (χ3n) is 3.32. The molecule has 0 saturated heterocycles. The third kappa shape index (κ3) is 5.02. The number of alkyl halides is 3. The maximum atomic E-state index is 12.6. The number of likely N-dealkylation sites (N-methyl/N-ethyl adjacent to an activating group) is 1. The predicted octanol–water partition coefficient (Wildman–Crippen LogP) is 3.46. The zero-order chi connectivity index (χ0) is 16.9. The monoisotopic (exact) mass is 322 g/mol. The molecule has 0 saturated carbocycles. The average molecular weight is 322 g/mol. The fourth-order valence-corrected chi connectivity index (χ4v) is 2.10. The van der Waals surface area contributed by atoms with Crippen LogP contribution < -0.4 is 10.2 Å². The van der Waals surface area contributed by atoms with Crippen molar-refractivity contribution in [2.75, 3.05) is 18.5 Å². The Morgan fingerprint density at radius 2 is 1.78 bits per heavy atom. The molecule has 0 bridgehead atoms. The van der Waals surface area contributed by atoms with Crippen LogP contribution in [0.15, 0.2) is 54.6 Å². The van der Waals surface area contributed by atoms with E-state index in [0.29, 0.717) is 5.56 Å². The van der Waals surface area contributed by atoms with E-state index in [2.05, 4.69) is 5.32 Å². The maximum Gasteiger partial charge on any atom is 0.416 e. The van der Waals surface area contributed by atoms with Crippen LogP contribution in [-0.2, 0) is 17.5 Å². The summed E-state index contributed by atoms with van der Waals surface area (Å²) >= 11 is 0. The van der Waals surface area contributed by atoms with E-state index in [9.17, 15) is 18.0 Å². The molecule has 2 aromatic rings. The molecule has 0 atom stereocenters. The molecule has 0 aliphatic rings. The summed E-state index contributed by atoms with van der Waals surface area (Å²) in [6.45, 7) is 0.189. The summed E-state index contributed by atoms with van der Waals surface area (Å²) in [6.07, 6.45) is -4.38. The minimum absolute atomic E-state index is 0.0609. The van der Waals surface area contributed by atoms with Crippen molar-refractivity contribution < 1.29 is 18.0 Å². The quantitative estimate of drug-likeness (QED) is 0.914. The predicted molar refractivity (Wildman–Crippen MR) is 83.0 cm³/mol. The van der Waals surface area contributed by atoms with Crippen molar-refractivity contribution in [3.8, 4) is 0 Å². The molecule has 0 fully saturated rings. The molecular formula is C17H17F3N2O. The summed E-state index contributed by atoms with van der Waals surface area (Å²) in [5.74, 6) is -0.256. The Morgan fingerprint density at radius 3 is 2.43 bits per heavy atom. The lowest BCUT2D eigenvalue weighted by Crippen LogP contribution is -2.34. The highest BCUT2D eigenvalue weighted by atomic mass is 19.4. The summed E-state index contributed by atoms with van der Waals surface area (Å²) in [4.78, 5) is 13.7. The molecule has 1 N–H and O–H groups in total. The van der Waals surface area contributed by atoms with Gasteiger partial charge in [0.05, 0.1) is 12.1 Å². The van der Waals surface area contributed by atoms with E-state index in [-0.39, 0.29) is 19.0 Å². The van der Waals surface area contributed by atoms with Crippen molar-refractivity contribution in [1.29, 1.82) is 0 Å². The van der Waals surface area contributed by atoms with Gasteiger partial charge in [0, 0.05) is 19.3 Å². The molecule has 3 nitrogen and oxygen atoms in total. The second kappa shape index (κ2) is 7.17. The summed E-state index contributed by atoms with van der Waals surface area (Å²) in [5, 5.41) is 2.63.